The predicted octanol–water partition coefficient (Wildman–Crippen LogP) is 0.271. The third-order valence-electron chi connectivity index (χ3n) is 2.10. The summed E-state index contributed by atoms with van der Waals surface area (Å²) in [6.07, 6.45) is 3.63. The van der Waals surface area contributed by atoms with Crippen LogP contribution in [0, 0.1) is 0 Å². The van der Waals surface area contributed by atoms with Crippen molar-refractivity contribution in [3.8, 4) is 0 Å². The molecule has 0 saturated heterocycles. The topological polar surface area (TPSA) is 113 Å². The first-order chi connectivity index (χ1) is 8.92. The molecule has 0 atom stereocenters. The van der Waals surface area contributed by atoms with Crippen LogP contribution in [0.3, 0.4) is 0 Å². The van der Waals surface area contributed by atoms with Crippen LogP contribution in [0.4, 0.5) is 10.5 Å². The van der Waals surface area contributed by atoms with Gasteiger partial charge in [-0.05, 0) is 6.42 Å². The molecule has 3 N–H and O–H groups in total. The molecule has 0 spiro atoms. The lowest BCUT2D eigenvalue weighted by molar-refractivity contribution is -0.131. The zero-order valence-electron chi connectivity index (χ0n) is 10.5. The van der Waals surface area contributed by atoms with E-state index in [1.807, 2.05) is 12.2 Å². The van der Waals surface area contributed by atoms with E-state index in [0.29, 0.717) is 23.9 Å². The summed E-state index contributed by atoms with van der Waals surface area (Å²) in [6, 6.07) is -0.747. The predicted molar refractivity (Wildman–Crippen MR) is 66.5 cm³/mol. The van der Waals surface area contributed by atoms with Gasteiger partial charge in [0.25, 0.3) is 5.91 Å². The van der Waals surface area contributed by atoms with E-state index in [2.05, 4.69) is 10.4 Å². The van der Waals surface area contributed by atoms with Gasteiger partial charge in [0.1, 0.15) is 0 Å². The number of carbonyl (C=O) groups is 3. The van der Waals surface area contributed by atoms with Gasteiger partial charge in [0.2, 0.25) is 0 Å². The molecule has 1 rings (SSSR count). The van der Waals surface area contributed by atoms with Crippen LogP contribution < -0.4 is 10.6 Å². The number of urea groups is 1. The number of anilines is 1. The highest BCUT2D eigenvalue weighted by atomic mass is 16.4. The van der Waals surface area contributed by atoms with Crippen molar-refractivity contribution in [1.29, 1.82) is 0 Å². The quantitative estimate of drug-likeness (QED) is 0.677. The van der Waals surface area contributed by atoms with Gasteiger partial charge in [0, 0.05) is 25.4 Å². The van der Waals surface area contributed by atoms with E-state index in [-0.39, 0.29) is 0 Å². The van der Waals surface area contributed by atoms with Gasteiger partial charge in [-0.25, -0.2) is 9.59 Å². The van der Waals surface area contributed by atoms with Gasteiger partial charge < -0.3 is 10.4 Å². The second kappa shape index (κ2) is 6.34. The Kier molecular flexibility index (Phi) is 4.81. The van der Waals surface area contributed by atoms with Crippen molar-refractivity contribution in [3.05, 3.63) is 24.0 Å². The van der Waals surface area contributed by atoms with Gasteiger partial charge in [-0.15, -0.1) is 0 Å². The van der Waals surface area contributed by atoms with Gasteiger partial charge in [-0.2, -0.15) is 5.10 Å². The van der Waals surface area contributed by atoms with Crippen molar-refractivity contribution in [2.45, 2.75) is 13.3 Å². The number of carboxylic acid groups (broad SMARTS) is 1. The van der Waals surface area contributed by atoms with Crippen molar-refractivity contribution in [1.82, 2.24) is 15.1 Å². The zero-order valence-corrected chi connectivity index (χ0v) is 10.5. The molecule has 0 bridgehead atoms. The van der Waals surface area contributed by atoms with Gasteiger partial charge >= 0.3 is 12.0 Å². The van der Waals surface area contributed by atoms with E-state index in [4.69, 9.17) is 5.11 Å². The van der Waals surface area contributed by atoms with Crippen LogP contribution in [0.15, 0.2) is 18.3 Å². The van der Waals surface area contributed by atoms with Crippen LogP contribution in [0.1, 0.15) is 12.6 Å². The second-order valence-electron chi connectivity index (χ2n) is 3.63. The molecule has 0 aliphatic heterocycles. The first-order valence-corrected chi connectivity index (χ1v) is 5.48. The van der Waals surface area contributed by atoms with Crippen LogP contribution >= 0.6 is 0 Å². The van der Waals surface area contributed by atoms with E-state index in [0.717, 1.165) is 6.08 Å². The van der Waals surface area contributed by atoms with Crippen LogP contribution in [0.5, 0.6) is 0 Å². The number of aliphatic carboxylic acids is 1. The monoisotopic (exact) mass is 266 g/mol. The molecule has 0 aromatic carbocycles. The SMILES string of the molecule is CCc1nn(C)cc1NC(=O)NC(=O)/C=C/C(=O)O. The van der Waals surface area contributed by atoms with Crippen molar-refractivity contribution in [2.24, 2.45) is 7.05 Å². The first-order valence-electron chi connectivity index (χ1n) is 5.48. The van der Waals surface area contributed by atoms with Crippen LogP contribution in [0.2, 0.25) is 0 Å². The van der Waals surface area contributed by atoms with Crippen molar-refractivity contribution >= 4 is 23.6 Å². The summed E-state index contributed by atoms with van der Waals surface area (Å²) in [6.45, 7) is 1.88. The summed E-state index contributed by atoms with van der Waals surface area (Å²) >= 11 is 0. The van der Waals surface area contributed by atoms with Gasteiger partial charge in [0.05, 0.1) is 11.4 Å². The average Bonchev–Trinajstić information content (AvgIpc) is 2.66. The molecule has 0 aliphatic rings. The molecule has 19 heavy (non-hydrogen) atoms. The average molecular weight is 266 g/mol. The fraction of sp³-hybridized carbons (Fsp3) is 0.273. The molecule has 1 heterocycles. The Morgan fingerprint density at radius 1 is 1.42 bits per heavy atom. The van der Waals surface area contributed by atoms with Crippen LogP contribution in [0.25, 0.3) is 0 Å². The third kappa shape index (κ3) is 4.62. The molecule has 0 saturated carbocycles. The molecule has 1 aromatic rings. The summed E-state index contributed by atoms with van der Waals surface area (Å²) in [5, 5.41) is 16.9. The molecule has 0 unspecified atom stereocenters. The Hall–Kier alpha value is -2.64. The number of rotatable bonds is 4. The lowest BCUT2D eigenvalue weighted by atomic mass is 10.3. The molecular weight excluding hydrogens is 252 g/mol. The van der Waals surface area contributed by atoms with Crippen molar-refractivity contribution in [3.63, 3.8) is 0 Å². The van der Waals surface area contributed by atoms with E-state index in [1.165, 1.54) is 0 Å². The minimum absolute atomic E-state index is 0.498. The number of amides is 3. The number of carbonyl (C=O) groups excluding carboxylic acids is 2. The highest BCUT2D eigenvalue weighted by Crippen LogP contribution is 2.13. The Morgan fingerprint density at radius 3 is 2.68 bits per heavy atom. The van der Waals surface area contributed by atoms with E-state index < -0.39 is 17.9 Å². The van der Waals surface area contributed by atoms with Gasteiger partial charge in [-0.3, -0.25) is 14.8 Å². The van der Waals surface area contributed by atoms with Gasteiger partial charge in [-0.1, -0.05) is 6.92 Å². The van der Waals surface area contributed by atoms with Crippen LogP contribution in [-0.4, -0.2) is 32.8 Å². The molecule has 102 valence electrons. The molecule has 8 nitrogen and oxygen atoms in total. The highest BCUT2D eigenvalue weighted by Gasteiger charge is 2.10. The number of aryl methyl sites for hydroxylation is 2. The maximum atomic E-state index is 11.5. The number of hydrogen-bond acceptors (Lipinski definition) is 4. The zero-order chi connectivity index (χ0) is 14.4. The van der Waals surface area contributed by atoms with E-state index in [9.17, 15) is 14.4 Å². The normalized spacial score (nSPS) is 10.4. The lowest BCUT2D eigenvalue weighted by Crippen LogP contribution is -2.33. The van der Waals surface area contributed by atoms with Crippen LogP contribution in [-0.2, 0) is 23.1 Å². The van der Waals surface area contributed by atoms with Crippen molar-refractivity contribution < 1.29 is 19.5 Å². The third-order valence-corrected chi connectivity index (χ3v) is 2.10. The summed E-state index contributed by atoms with van der Waals surface area (Å²) < 4.78 is 1.54. The molecule has 3 amide bonds. The number of nitrogens with zero attached hydrogens (tertiary/aromatic N) is 2. The minimum Gasteiger partial charge on any atom is -0.478 e. The minimum atomic E-state index is -1.27. The Bertz CT molecular complexity index is 533. The molecule has 0 aliphatic carbocycles. The second-order valence-corrected chi connectivity index (χ2v) is 3.63. The van der Waals surface area contributed by atoms with Crippen molar-refractivity contribution in [2.75, 3.05) is 5.32 Å². The fourth-order valence-corrected chi connectivity index (χ4v) is 1.35. The highest BCUT2D eigenvalue weighted by molar-refractivity contribution is 6.06. The smallest absolute Gasteiger partial charge is 0.328 e. The largest absolute Gasteiger partial charge is 0.478 e. The maximum Gasteiger partial charge on any atom is 0.328 e. The summed E-state index contributed by atoms with van der Waals surface area (Å²) in [5.74, 6) is -2.09. The molecule has 1 aromatic heterocycles. The first kappa shape index (κ1) is 14.4. The molecular formula is C11H14N4O4. The molecule has 0 fully saturated rings. The molecule has 8 heteroatoms. The number of nitrogens with one attached hydrogen (secondary N) is 2. The Balaban J connectivity index is 2.60. The summed E-state index contributed by atoms with van der Waals surface area (Å²) in [5.41, 5.74) is 1.18. The Labute approximate surface area is 109 Å². The summed E-state index contributed by atoms with van der Waals surface area (Å²) in [4.78, 5) is 32.8. The van der Waals surface area contributed by atoms with E-state index >= 15 is 0 Å². The number of aromatic nitrogens is 2. The Morgan fingerprint density at radius 2 is 2.11 bits per heavy atom. The maximum absolute atomic E-state index is 11.5. The number of imide groups is 1. The number of hydrogen-bond donors (Lipinski definition) is 3. The van der Waals surface area contributed by atoms with E-state index in [1.54, 1.807) is 17.9 Å². The summed E-state index contributed by atoms with van der Waals surface area (Å²) in [7, 11) is 1.71. The lowest BCUT2D eigenvalue weighted by Gasteiger charge is -2.03. The molecule has 0 radical (unpaired) electrons. The fourth-order valence-electron chi connectivity index (χ4n) is 1.35. The standard InChI is InChI=1S/C11H14N4O4/c1-3-7-8(6-15(2)14-7)12-11(19)13-9(16)4-5-10(17)18/h4-6H,3H2,1-2H3,(H,17,18)(H2,12,13,16,19)/b5-4+. The van der Waals surface area contributed by atoms with Gasteiger partial charge in [0.15, 0.2) is 0 Å². The number of carboxylic acids is 1.